The van der Waals surface area contributed by atoms with Gasteiger partial charge in [0.1, 0.15) is 12.0 Å². The topological polar surface area (TPSA) is 42.2 Å². The Labute approximate surface area is 143 Å². The maximum absolute atomic E-state index is 6.49. The Morgan fingerprint density at radius 1 is 0.958 bits per heavy atom. The number of anilines is 1. The monoisotopic (exact) mass is 332 g/mol. The molecule has 2 aromatic carbocycles. The number of para-hydroxylation sites is 1. The van der Waals surface area contributed by atoms with Crippen LogP contribution >= 0.6 is 11.6 Å². The van der Waals surface area contributed by atoms with Gasteiger partial charge in [0.2, 0.25) is 0 Å². The highest BCUT2D eigenvalue weighted by Gasteiger charge is 2.27. The number of benzene rings is 2. The minimum atomic E-state index is -0.0582. The first-order valence-electron chi connectivity index (χ1n) is 7.75. The van der Waals surface area contributed by atoms with Crippen molar-refractivity contribution < 1.29 is 0 Å². The SMILES string of the molecule is Clc1ccccc1C1Nc2ccccc2-c2ncnn3ccc1c23. The fourth-order valence-electron chi connectivity index (χ4n) is 3.41. The Kier molecular flexibility index (Phi) is 2.87. The first kappa shape index (κ1) is 13.6. The van der Waals surface area contributed by atoms with Crippen LogP contribution < -0.4 is 5.32 Å². The zero-order chi connectivity index (χ0) is 16.1. The number of nitrogens with one attached hydrogen (secondary N) is 1. The average molecular weight is 333 g/mol. The molecular formula is C19H13ClN4. The maximum atomic E-state index is 6.49. The van der Waals surface area contributed by atoms with E-state index in [1.54, 1.807) is 6.33 Å². The molecule has 1 atom stereocenters. The second kappa shape index (κ2) is 5.08. The Morgan fingerprint density at radius 2 is 1.79 bits per heavy atom. The van der Waals surface area contributed by atoms with Crippen molar-refractivity contribution in [2.24, 2.45) is 0 Å². The highest BCUT2D eigenvalue weighted by Crippen LogP contribution is 2.42. The van der Waals surface area contributed by atoms with Crippen LogP contribution in [0.2, 0.25) is 5.02 Å². The Morgan fingerprint density at radius 3 is 2.71 bits per heavy atom. The fraction of sp³-hybridized carbons (Fsp3) is 0.0526. The zero-order valence-corrected chi connectivity index (χ0v) is 13.4. The van der Waals surface area contributed by atoms with Crippen molar-refractivity contribution in [3.05, 3.63) is 83.3 Å². The number of rotatable bonds is 1. The lowest BCUT2D eigenvalue weighted by atomic mass is 9.99. The van der Waals surface area contributed by atoms with Crippen LogP contribution in [0.25, 0.3) is 16.8 Å². The largest absolute Gasteiger partial charge is 0.373 e. The van der Waals surface area contributed by atoms with Crippen molar-refractivity contribution in [2.75, 3.05) is 5.32 Å². The van der Waals surface area contributed by atoms with Crippen molar-refractivity contribution in [1.82, 2.24) is 14.6 Å². The lowest BCUT2D eigenvalue weighted by Crippen LogP contribution is -2.11. The van der Waals surface area contributed by atoms with E-state index < -0.39 is 0 Å². The van der Waals surface area contributed by atoms with E-state index in [1.165, 1.54) is 0 Å². The number of hydrogen-bond donors (Lipinski definition) is 1. The highest BCUT2D eigenvalue weighted by molar-refractivity contribution is 6.31. The van der Waals surface area contributed by atoms with E-state index in [9.17, 15) is 0 Å². The maximum Gasteiger partial charge on any atom is 0.137 e. The molecule has 0 bridgehead atoms. The number of hydrogen-bond acceptors (Lipinski definition) is 3. The normalized spacial score (nSPS) is 15.6. The summed E-state index contributed by atoms with van der Waals surface area (Å²) in [5, 5.41) is 8.74. The molecule has 0 saturated carbocycles. The van der Waals surface area contributed by atoms with Crippen LogP contribution in [0.5, 0.6) is 0 Å². The van der Waals surface area contributed by atoms with Gasteiger partial charge < -0.3 is 5.32 Å². The second-order valence-corrected chi connectivity index (χ2v) is 6.22. The van der Waals surface area contributed by atoms with E-state index in [1.807, 2.05) is 41.0 Å². The standard InChI is InChI=1S/C19H13ClN4/c20-15-7-3-1-5-12(15)17-14-9-10-24-19(14)18(21-11-22-24)13-6-2-4-8-16(13)23-17/h1-11,17,23H. The molecule has 0 spiro atoms. The van der Waals surface area contributed by atoms with Gasteiger partial charge in [-0.15, -0.1) is 0 Å². The van der Waals surface area contributed by atoms with Crippen LogP contribution in [-0.4, -0.2) is 14.6 Å². The third-order valence-corrected chi connectivity index (χ3v) is 4.84. The minimum Gasteiger partial charge on any atom is -0.373 e. The number of halogens is 1. The molecule has 1 N–H and O–H groups in total. The summed E-state index contributed by atoms with van der Waals surface area (Å²) in [6.07, 6.45) is 3.56. The molecule has 0 amide bonds. The van der Waals surface area contributed by atoms with Gasteiger partial charge >= 0.3 is 0 Å². The first-order chi connectivity index (χ1) is 11.8. The summed E-state index contributed by atoms with van der Waals surface area (Å²) in [7, 11) is 0. The zero-order valence-electron chi connectivity index (χ0n) is 12.6. The summed E-state index contributed by atoms with van der Waals surface area (Å²) >= 11 is 6.49. The molecule has 0 radical (unpaired) electrons. The van der Waals surface area contributed by atoms with E-state index in [4.69, 9.17) is 11.6 Å². The number of fused-ring (bicyclic) bond motifs is 2. The van der Waals surface area contributed by atoms with Crippen LogP contribution in [0.1, 0.15) is 17.2 Å². The van der Waals surface area contributed by atoms with Crippen LogP contribution in [0.15, 0.2) is 67.1 Å². The third-order valence-electron chi connectivity index (χ3n) is 4.49. The van der Waals surface area contributed by atoms with Crippen molar-refractivity contribution in [3.63, 3.8) is 0 Å². The average Bonchev–Trinajstić information content (AvgIpc) is 2.98. The van der Waals surface area contributed by atoms with E-state index >= 15 is 0 Å². The molecule has 24 heavy (non-hydrogen) atoms. The van der Waals surface area contributed by atoms with Gasteiger partial charge in [-0.05, 0) is 23.8 Å². The van der Waals surface area contributed by atoms with Gasteiger partial charge in [0.15, 0.2) is 0 Å². The Hall–Kier alpha value is -2.85. The summed E-state index contributed by atoms with van der Waals surface area (Å²) in [5.74, 6) is 0. The molecule has 0 aliphatic carbocycles. The molecular weight excluding hydrogens is 320 g/mol. The fourth-order valence-corrected chi connectivity index (χ4v) is 3.66. The van der Waals surface area contributed by atoms with Gasteiger partial charge in [-0.1, -0.05) is 48.0 Å². The minimum absolute atomic E-state index is 0.0582. The summed E-state index contributed by atoms with van der Waals surface area (Å²) in [4.78, 5) is 4.56. The van der Waals surface area contributed by atoms with Gasteiger partial charge in [0, 0.05) is 28.0 Å². The van der Waals surface area contributed by atoms with Gasteiger partial charge in [0.25, 0.3) is 0 Å². The van der Waals surface area contributed by atoms with Crippen molar-refractivity contribution in [3.8, 4) is 11.3 Å². The summed E-state index contributed by atoms with van der Waals surface area (Å²) in [6.45, 7) is 0. The van der Waals surface area contributed by atoms with Crippen molar-refractivity contribution >= 4 is 22.8 Å². The Balaban J connectivity index is 1.87. The molecule has 1 unspecified atom stereocenters. The van der Waals surface area contributed by atoms with Crippen molar-refractivity contribution in [1.29, 1.82) is 0 Å². The summed E-state index contributed by atoms with van der Waals surface area (Å²) in [5.41, 5.74) is 6.22. The highest BCUT2D eigenvalue weighted by atomic mass is 35.5. The van der Waals surface area contributed by atoms with E-state index in [-0.39, 0.29) is 6.04 Å². The molecule has 116 valence electrons. The summed E-state index contributed by atoms with van der Waals surface area (Å²) < 4.78 is 1.88. The van der Waals surface area contributed by atoms with Gasteiger partial charge in [-0.25, -0.2) is 9.50 Å². The molecule has 5 rings (SSSR count). The Bertz CT molecular complexity index is 1070. The predicted octanol–water partition coefficient (Wildman–Crippen LogP) is 4.56. The van der Waals surface area contributed by atoms with E-state index in [0.717, 1.165) is 38.6 Å². The molecule has 4 aromatic rings. The lowest BCUT2D eigenvalue weighted by Gasteiger charge is -2.20. The lowest BCUT2D eigenvalue weighted by molar-refractivity contribution is 0.899. The van der Waals surface area contributed by atoms with Crippen LogP contribution in [0, 0.1) is 0 Å². The predicted molar refractivity (Wildman–Crippen MR) is 95.3 cm³/mol. The molecule has 1 aliphatic rings. The van der Waals surface area contributed by atoms with Crippen LogP contribution in [-0.2, 0) is 0 Å². The second-order valence-electron chi connectivity index (χ2n) is 5.82. The summed E-state index contributed by atoms with van der Waals surface area (Å²) in [6, 6.07) is 18.2. The quantitative estimate of drug-likeness (QED) is 0.555. The van der Waals surface area contributed by atoms with Crippen molar-refractivity contribution in [2.45, 2.75) is 6.04 Å². The van der Waals surface area contributed by atoms with E-state index in [0.29, 0.717) is 0 Å². The number of aromatic nitrogens is 3. The van der Waals surface area contributed by atoms with Crippen LogP contribution in [0.4, 0.5) is 5.69 Å². The third kappa shape index (κ3) is 1.87. The molecule has 0 saturated heterocycles. The van der Waals surface area contributed by atoms with Crippen LogP contribution in [0.3, 0.4) is 0 Å². The molecule has 3 heterocycles. The molecule has 5 heteroatoms. The van der Waals surface area contributed by atoms with E-state index in [2.05, 4.69) is 39.7 Å². The molecule has 0 fully saturated rings. The van der Waals surface area contributed by atoms with Gasteiger partial charge in [-0.3, -0.25) is 0 Å². The smallest absolute Gasteiger partial charge is 0.137 e. The van der Waals surface area contributed by atoms with Gasteiger partial charge in [-0.2, -0.15) is 5.10 Å². The first-order valence-corrected chi connectivity index (χ1v) is 8.13. The molecule has 1 aliphatic heterocycles. The van der Waals surface area contributed by atoms with Gasteiger partial charge in [0.05, 0.1) is 11.6 Å². The molecule has 4 nitrogen and oxygen atoms in total. The number of nitrogens with zero attached hydrogens (tertiary/aromatic N) is 3. The molecule has 2 aromatic heterocycles.